The van der Waals surface area contributed by atoms with Gasteiger partial charge in [-0.1, -0.05) is 0 Å². The first kappa shape index (κ1) is 21.7. The summed E-state index contributed by atoms with van der Waals surface area (Å²) in [6.45, 7) is 0.818. The number of rotatable bonds is 6. The van der Waals surface area contributed by atoms with E-state index in [0.29, 0.717) is 0 Å². The standard InChI is InChI=1S/C7H16NO5.CH3.K/c1-6(13)8(5-12)7(2-9,3-10)4-11;;/h6,9-13H,1-5H2;1H3;/q2*-1;+1. The van der Waals surface area contributed by atoms with Crippen LogP contribution in [0, 0.1) is 14.4 Å². The Bertz CT molecular complexity index is 135. The molecule has 0 aliphatic carbocycles. The summed E-state index contributed by atoms with van der Waals surface area (Å²) in [5.74, 6) is 0. The molecule has 15 heavy (non-hydrogen) atoms. The summed E-state index contributed by atoms with van der Waals surface area (Å²) in [5.41, 5.74) is -1.45. The number of nitrogens with zero attached hydrogens (tertiary/aromatic N) is 1. The van der Waals surface area contributed by atoms with Crippen molar-refractivity contribution in [2.24, 2.45) is 0 Å². The molecule has 0 saturated carbocycles. The maximum absolute atomic E-state index is 9.06. The molecule has 0 saturated heterocycles. The van der Waals surface area contributed by atoms with Crippen LogP contribution < -0.4 is 51.4 Å². The first-order chi connectivity index (χ1) is 6.07. The average Bonchev–Trinajstić information content (AvgIpc) is 2.13. The molecule has 88 valence electrons. The summed E-state index contributed by atoms with van der Waals surface area (Å²) < 4.78 is 0. The van der Waals surface area contributed by atoms with E-state index in [1.54, 1.807) is 0 Å². The van der Waals surface area contributed by atoms with Gasteiger partial charge >= 0.3 is 51.4 Å². The smallest absolute Gasteiger partial charge is 0.411 e. The second-order valence-corrected chi connectivity index (χ2v) is 2.79. The zero-order valence-corrected chi connectivity index (χ0v) is 12.4. The molecule has 0 aromatic rings. The maximum atomic E-state index is 9.06. The molecule has 0 aliphatic rings. The van der Waals surface area contributed by atoms with Gasteiger partial charge in [0.1, 0.15) is 0 Å². The topological polar surface area (TPSA) is 104 Å². The van der Waals surface area contributed by atoms with Gasteiger partial charge in [-0.25, -0.2) is 0 Å². The molecule has 6 nitrogen and oxygen atoms in total. The van der Waals surface area contributed by atoms with Crippen LogP contribution in [0.5, 0.6) is 0 Å². The first-order valence-electron chi connectivity index (χ1n) is 3.79. The third-order valence-electron chi connectivity index (χ3n) is 2.00. The van der Waals surface area contributed by atoms with E-state index in [9.17, 15) is 0 Å². The van der Waals surface area contributed by atoms with Crippen molar-refractivity contribution >= 4 is 0 Å². The molecule has 0 bridgehead atoms. The third kappa shape index (κ3) is 5.51. The van der Waals surface area contributed by atoms with E-state index in [1.807, 2.05) is 0 Å². The second kappa shape index (κ2) is 10.5. The fourth-order valence-corrected chi connectivity index (χ4v) is 0.983. The number of aliphatic hydroxyl groups is 5. The Labute approximate surface area is 133 Å². The van der Waals surface area contributed by atoms with Gasteiger partial charge in [0.25, 0.3) is 0 Å². The normalized spacial score (nSPS) is 13.0. The third-order valence-corrected chi connectivity index (χ3v) is 2.00. The molecule has 1 unspecified atom stereocenters. The van der Waals surface area contributed by atoms with Crippen molar-refractivity contribution in [3.05, 3.63) is 14.4 Å². The van der Waals surface area contributed by atoms with Crippen molar-refractivity contribution in [1.29, 1.82) is 0 Å². The molecule has 0 aromatic carbocycles. The summed E-state index contributed by atoms with van der Waals surface area (Å²) in [7, 11) is 0. The minimum absolute atomic E-state index is 0. The molecule has 0 amide bonds. The van der Waals surface area contributed by atoms with E-state index < -0.39 is 38.3 Å². The van der Waals surface area contributed by atoms with Gasteiger partial charge in [-0.3, -0.25) is 4.90 Å². The minimum Gasteiger partial charge on any atom is -0.411 e. The van der Waals surface area contributed by atoms with Crippen molar-refractivity contribution < 1.29 is 76.9 Å². The largest absolute Gasteiger partial charge is 1.00 e. The Morgan fingerprint density at radius 2 is 1.40 bits per heavy atom. The fourth-order valence-electron chi connectivity index (χ4n) is 0.983. The number of hydrogen-bond donors (Lipinski definition) is 5. The summed E-state index contributed by atoms with van der Waals surface area (Å²) in [6.07, 6.45) is -1.31. The van der Waals surface area contributed by atoms with Crippen molar-refractivity contribution in [2.75, 3.05) is 26.6 Å². The minimum atomic E-state index is -1.45. The van der Waals surface area contributed by atoms with Crippen molar-refractivity contribution in [3.63, 3.8) is 0 Å². The zero-order chi connectivity index (χ0) is 10.5. The molecule has 0 heterocycles. The summed E-state index contributed by atoms with van der Waals surface area (Å²) in [5, 5.41) is 44.6. The Morgan fingerprint density at radius 1 is 1.07 bits per heavy atom. The van der Waals surface area contributed by atoms with E-state index in [4.69, 9.17) is 25.5 Å². The second-order valence-electron chi connectivity index (χ2n) is 2.79. The van der Waals surface area contributed by atoms with Crippen molar-refractivity contribution in [3.8, 4) is 0 Å². The average molecular weight is 248 g/mol. The van der Waals surface area contributed by atoms with Crippen LogP contribution in [-0.4, -0.2) is 68.8 Å². The molecule has 0 rings (SSSR count). The van der Waals surface area contributed by atoms with Gasteiger partial charge in [0.2, 0.25) is 0 Å². The van der Waals surface area contributed by atoms with Gasteiger partial charge in [0, 0.05) is 0 Å². The molecule has 7 heteroatoms. The Morgan fingerprint density at radius 3 is 1.47 bits per heavy atom. The predicted molar refractivity (Wildman–Crippen MR) is 50.7 cm³/mol. The van der Waals surface area contributed by atoms with E-state index >= 15 is 0 Å². The van der Waals surface area contributed by atoms with Crippen molar-refractivity contribution in [1.82, 2.24) is 4.90 Å². The van der Waals surface area contributed by atoms with Crippen molar-refractivity contribution in [2.45, 2.75) is 11.8 Å². The molecule has 1 atom stereocenters. The van der Waals surface area contributed by atoms with E-state index in [0.717, 1.165) is 4.90 Å². The Kier molecular flexibility index (Phi) is 15.2. The number of hydrogen-bond acceptors (Lipinski definition) is 6. The first-order valence-corrected chi connectivity index (χ1v) is 3.79. The number of aliphatic hydroxyl groups excluding tert-OH is 5. The van der Waals surface area contributed by atoms with Gasteiger partial charge in [0.05, 0.1) is 32.1 Å². The SMILES string of the molecule is [CH2-]C(O)N(CO)C(CO)(CO)CO.[CH3-].[K+]. The van der Waals surface area contributed by atoms with E-state index in [1.165, 1.54) is 0 Å². The molecule has 5 N–H and O–H groups in total. The van der Waals surface area contributed by atoms with Crippen LogP contribution in [0.4, 0.5) is 0 Å². The Balaban J connectivity index is -0.000000720. The Hall–Kier alpha value is 1.40. The van der Waals surface area contributed by atoms with Crippen LogP contribution in [-0.2, 0) is 0 Å². The summed E-state index contributed by atoms with van der Waals surface area (Å²) in [4.78, 5) is 0.896. The molecular weight excluding hydrogens is 229 g/mol. The van der Waals surface area contributed by atoms with E-state index in [2.05, 4.69) is 6.92 Å². The molecule has 0 fully saturated rings. The molecule has 0 spiro atoms. The van der Waals surface area contributed by atoms with Crippen LogP contribution >= 0.6 is 0 Å². The molecule has 0 aliphatic heterocycles. The summed E-state index contributed by atoms with van der Waals surface area (Å²) in [6, 6.07) is 0. The molecule has 0 radical (unpaired) electrons. The van der Waals surface area contributed by atoms with Crippen LogP contribution in [0.3, 0.4) is 0 Å². The van der Waals surface area contributed by atoms with Gasteiger partial charge in [-0.15, -0.1) is 0 Å². The van der Waals surface area contributed by atoms with E-state index in [-0.39, 0.29) is 58.8 Å². The van der Waals surface area contributed by atoms with Gasteiger partial charge < -0.3 is 39.9 Å². The molecular formula is C8H19KNO5-. The van der Waals surface area contributed by atoms with Crippen LogP contribution in [0.15, 0.2) is 0 Å². The van der Waals surface area contributed by atoms with Gasteiger partial charge in [-0.05, 0) is 6.23 Å². The molecule has 0 aromatic heterocycles. The van der Waals surface area contributed by atoms with Gasteiger partial charge in [0.15, 0.2) is 0 Å². The predicted octanol–water partition coefficient (Wildman–Crippen LogP) is -5.44. The van der Waals surface area contributed by atoms with Gasteiger partial charge in [-0.2, -0.15) is 0 Å². The monoisotopic (exact) mass is 248 g/mol. The maximum Gasteiger partial charge on any atom is 1.00 e. The van der Waals surface area contributed by atoms with Crippen LogP contribution in [0.2, 0.25) is 0 Å². The zero-order valence-electron chi connectivity index (χ0n) is 9.30. The van der Waals surface area contributed by atoms with Crippen LogP contribution in [0.25, 0.3) is 0 Å². The summed E-state index contributed by atoms with van der Waals surface area (Å²) >= 11 is 0. The van der Waals surface area contributed by atoms with Crippen LogP contribution in [0.1, 0.15) is 0 Å². The quantitative estimate of drug-likeness (QED) is 0.183. The fraction of sp³-hybridized carbons (Fsp3) is 0.750.